The number of hydrogen-bond acceptors (Lipinski definition) is 2. The molecule has 0 rings (SSSR count). The maximum absolute atomic E-state index is 8.74. The number of nitrogens with one attached hydrogen (secondary N) is 1. The first kappa shape index (κ1) is 8.92. The van der Waals surface area contributed by atoms with Gasteiger partial charge in [0.1, 0.15) is 0 Å². The molecule has 0 bridgehead atoms. The molecule has 2 N–H and O–H groups in total. The first-order valence-electron chi connectivity index (χ1n) is 3.18. The second kappa shape index (κ2) is 3.18. The second-order valence-corrected chi connectivity index (χ2v) is 3.28. The summed E-state index contributed by atoms with van der Waals surface area (Å²) in [6.45, 7) is 10.1. The zero-order valence-electron chi connectivity index (χ0n) is 6.44. The third-order valence-electron chi connectivity index (χ3n) is 0.868. The van der Waals surface area contributed by atoms with E-state index in [9.17, 15) is 0 Å². The lowest BCUT2D eigenvalue weighted by atomic mass is 10.1. The molecule has 0 heterocycles. The summed E-state index contributed by atoms with van der Waals surface area (Å²) in [5.74, 6) is 0. The summed E-state index contributed by atoms with van der Waals surface area (Å²) in [6, 6.07) is 0. The predicted octanol–water partition coefficient (Wildman–Crippen LogP) is 0.569. The fraction of sp³-hybridized carbons (Fsp3) is 0.857. The highest BCUT2D eigenvalue weighted by molar-refractivity contribution is 4.73. The zero-order chi connectivity index (χ0) is 7.49. The fourth-order valence-corrected chi connectivity index (χ4v) is 0.424. The Balaban J connectivity index is 3.28. The zero-order valence-corrected chi connectivity index (χ0v) is 6.44. The molecule has 0 fully saturated rings. The third kappa shape index (κ3) is 7.92. The first-order chi connectivity index (χ1) is 3.92. The van der Waals surface area contributed by atoms with E-state index in [-0.39, 0.29) is 5.54 Å². The van der Waals surface area contributed by atoms with E-state index in [4.69, 9.17) is 5.11 Å². The van der Waals surface area contributed by atoms with Gasteiger partial charge in [-0.05, 0) is 27.7 Å². The Morgan fingerprint density at radius 2 is 2.00 bits per heavy atom. The van der Waals surface area contributed by atoms with Crippen LogP contribution < -0.4 is 5.32 Å². The molecule has 0 aliphatic carbocycles. The lowest BCUT2D eigenvalue weighted by Gasteiger charge is -2.21. The molecule has 1 unspecified atom stereocenters. The van der Waals surface area contributed by atoms with Crippen molar-refractivity contribution >= 4 is 0 Å². The van der Waals surface area contributed by atoms with E-state index in [1.165, 1.54) is 0 Å². The molecule has 0 aromatic carbocycles. The molecular weight excluding hydrogens is 114 g/mol. The average Bonchev–Trinajstić information content (AvgIpc) is 1.59. The van der Waals surface area contributed by atoms with E-state index in [0.29, 0.717) is 6.54 Å². The van der Waals surface area contributed by atoms with Crippen molar-refractivity contribution in [2.45, 2.75) is 32.4 Å². The minimum absolute atomic E-state index is 0.0820. The van der Waals surface area contributed by atoms with E-state index in [2.05, 4.69) is 33.0 Å². The van der Waals surface area contributed by atoms with Gasteiger partial charge in [-0.2, -0.15) is 0 Å². The van der Waals surface area contributed by atoms with Crippen LogP contribution >= 0.6 is 0 Å². The molecule has 1 radical (unpaired) electrons. The standard InChI is InChI=1S/C7H16NO/c1-6(9)5-8-7(2,3)4/h6,8-9H,1,5H2,2-4H3. The first-order valence-corrected chi connectivity index (χ1v) is 3.18. The summed E-state index contributed by atoms with van der Waals surface area (Å²) in [4.78, 5) is 0. The van der Waals surface area contributed by atoms with Gasteiger partial charge in [0.2, 0.25) is 0 Å². The Hall–Kier alpha value is -0.0800. The van der Waals surface area contributed by atoms with Crippen molar-refractivity contribution in [3.05, 3.63) is 6.92 Å². The summed E-state index contributed by atoms with van der Waals surface area (Å²) in [7, 11) is 0. The molecular formula is C7H16NO. The quantitative estimate of drug-likeness (QED) is 0.572. The van der Waals surface area contributed by atoms with Crippen LogP contribution in [0.3, 0.4) is 0 Å². The Labute approximate surface area is 57.3 Å². The normalized spacial score (nSPS) is 15.7. The Kier molecular flexibility index (Phi) is 3.15. The molecule has 1 atom stereocenters. The van der Waals surface area contributed by atoms with Crippen molar-refractivity contribution in [2.24, 2.45) is 0 Å². The van der Waals surface area contributed by atoms with Gasteiger partial charge in [0.05, 0.1) is 6.10 Å². The highest BCUT2D eigenvalue weighted by Gasteiger charge is 2.08. The van der Waals surface area contributed by atoms with Crippen LogP contribution in [0.4, 0.5) is 0 Å². The van der Waals surface area contributed by atoms with Crippen molar-refractivity contribution < 1.29 is 5.11 Å². The van der Waals surface area contributed by atoms with Gasteiger partial charge < -0.3 is 10.4 Å². The van der Waals surface area contributed by atoms with Gasteiger partial charge in [-0.15, -0.1) is 0 Å². The van der Waals surface area contributed by atoms with Gasteiger partial charge in [-0.25, -0.2) is 0 Å². The third-order valence-corrected chi connectivity index (χ3v) is 0.868. The summed E-state index contributed by atoms with van der Waals surface area (Å²) < 4.78 is 0. The van der Waals surface area contributed by atoms with Gasteiger partial charge in [0.15, 0.2) is 0 Å². The van der Waals surface area contributed by atoms with Crippen molar-refractivity contribution in [3.63, 3.8) is 0 Å². The molecule has 55 valence electrons. The summed E-state index contributed by atoms with van der Waals surface area (Å²) >= 11 is 0. The molecule has 0 amide bonds. The second-order valence-electron chi connectivity index (χ2n) is 3.28. The Morgan fingerprint density at radius 1 is 1.56 bits per heavy atom. The monoisotopic (exact) mass is 130 g/mol. The van der Waals surface area contributed by atoms with Crippen molar-refractivity contribution in [3.8, 4) is 0 Å². The minimum Gasteiger partial charge on any atom is -0.392 e. The molecule has 0 aromatic rings. The van der Waals surface area contributed by atoms with E-state index < -0.39 is 6.10 Å². The van der Waals surface area contributed by atoms with Crippen LogP contribution in [-0.2, 0) is 0 Å². The van der Waals surface area contributed by atoms with Gasteiger partial charge >= 0.3 is 0 Å². The molecule has 0 saturated heterocycles. The smallest absolute Gasteiger partial charge is 0.0665 e. The highest BCUT2D eigenvalue weighted by Crippen LogP contribution is 1.97. The van der Waals surface area contributed by atoms with Gasteiger partial charge in [-0.1, -0.05) is 0 Å². The minimum atomic E-state index is -0.496. The van der Waals surface area contributed by atoms with Gasteiger partial charge in [0.25, 0.3) is 0 Å². The van der Waals surface area contributed by atoms with E-state index >= 15 is 0 Å². The van der Waals surface area contributed by atoms with Crippen LogP contribution in [-0.4, -0.2) is 23.3 Å². The summed E-state index contributed by atoms with van der Waals surface area (Å²) in [6.07, 6.45) is -0.496. The van der Waals surface area contributed by atoms with Crippen LogP contribution in [0.5, 0.6) is 0 Å². The topological polar surface area (TPSA) is 32.3 Å². The molecule has 0 aliphatic heterocycles. The van der Waals surface area contributed by atoms with E-state index in [1.54, 1.807) is 0 Å². The van der Waals surface area contributed by atoms with Crippen molar-refractivity contribution in [2.75, 3.05) is 6.54 Å². The van der Waals surface area contributed by atoms with E-state index in [0.717, 1.165) is 0 Å². The van der Waals surface area contributed by atoms with Crippen molar-refractivity contribution in [1.82, 2.24) is 5.32 Å². The van der Waals surface area contributed by atoms with Crippen LogP contribution in [0.2, 0.25) is 0 Å². The molecule has 2 nitrogen and oxygen atoms in total. The van der Waals surface area contributed by atoms with Crippen LogP contribution in [0.15, 0.2) is 0 Å². The van der Waals surface area contributed by atoms with Crippen LogP contribution in [0.25, 0.3) is 0 Å². The summed E-state index contributed by atoms with van der Waals surface area (Å²) in [5.41, 5.74) is 0.0820. The van der Waals surface area contributed by atoms with Gasteiger partial charge in [0, 0.05) is 12.1 Å². The number of β-amino-alcohol motifs (C(OH)–C–C–N with tert-alkyl or cyclic N) is 1. The lowest BCUT2D eigenvalue weighted by Crippen LogP contribution is -2.40. The molecule has 0 spiro atoms. The molecule has 2 heteroatoms. The number of aliphatic hydroxyl groups excluding tert-OH is 1. The largest absolute Gasteiger partial charge is 0.392 e. The number of aliphatic hydroxyl groups is 1. The van der Waals surface area contributed by atoms with Crippen molar-refractivity contribution in [1.29, 1.82) is 0 Å². The molecule has 0 aromatic heterocycles. The highest BCUT2D eigenvalue weighted by atomic mass is 16.3. The predicted molar refractivity (Wildman–Crippen MR) is 39.1 cm³/mol. The average molecular weight is 130 g/mol. The maximum Gasteiger partial charge on any atom is 0.0665 e. The maximum atomic E-state index is 8.74. The molecule has 0 aliphatic rings. The Morgan fingerprint density at radius 3 is 2.11 bits per heavy atom. The lowest BCUT2D eigenvalue weighted by molar-refractivity contribution is 0.202. The summed E-state index contributed by atoms with van der Waals surface area (Å²) in [5, 5.41) is 11.9. The molecule has 9 heavy (non-hydrogen) atoms. The fourth-order valence-electron chi connectivity index (χ4n) is 0.424. The SMILES string of the molecule is [CH2]C(O)CNC(C)(C)C. The number of hydrogen-bond donors (Lipinski definition) is 2. The Bertz CT molecular complexity index is 73.5. The van der Waals surface area contributed by atoms with Crippen LogP contribution in [0, 0.1) is 6.92 Å². The van der Waals surface area contributed by atoms with E-state index in [1.807, 2.05) is 0 Å². The van der Waals surface area contributed by atoms with Crippen LogP contribution in [0.1, 0.15) is 20.8 Å². The van der Waals surface area contributed by atoms with Gasteiger partial charge in [-0.3, -0.25) is 0 Å². The molecule has 0 saturated carbocycles. The number of rotatable bonds is 2.